The summed E-state index contributed by atoms with van der Waals surface area (Å²) in [7, 11) is 0. The minimum Gasteiger partial charge on any atom is -0.493 e. The van der Waals surface area contributed by atoms with Crippen LogP contribution in [0.3, 0.4) is 0 Å². The normalized spacial score (nSPS) is 25.9. The van der Waals surface area contributed by atoms with E-state index in [1.165, 1.54) is 18.4 Å². The fourth-order valence-electron chi connectivity index (χ4n) is 3.02. The summed E-state index contributed by atoms with van der Waals surface area (Å²) >= 11 is 0. The minimum atomic E-state index is 0.602. The zero-order valence-electron chi connectivity index (χ0n) is 11.4. The first kappa shape index (κ1) is 12.9. The molecule has 0 aliphatic carbocycles. The fraction of sp³-hybridized carbons (Fsp3) is 0.625. The lowest BCUT2D eigenvalue weighted by atomic mass is 9.93. The number of ether oxygens (including phenoxy) is 2. The number of rotatable bonds is 5. The van der Waals surface area contributed by atoms with Crippen molar-refractivity contribution in [2.45, 2.75) is 25.2 Å². The molecule has 0 radical (unpaired) electrons. The molecule has 1 N–H and O–H groups in total. The van der Waals surface area contributed by atoms with Crippen molar-refractivity contribution in [3.63, 3.8) is 0 Å². The van der Waals surface area contributed by atoms with Gasteiger partial charge in [-0.2, -0.15) is 0 Å². The highest BCUT2D eigenvalue weighted by atomic mass is 16.5. The van der Waals surface area contributed by atoms with Gasteiger partial charge in [-0.05, 0) is 43.4 Å². The third-order valence-electron chi connectivity index (χ3n) is 4.23. The highest BCUT2D eigenvalue weighted by Crippen LogP contribution is 2.32. The van der Waals surface area contributed by atoms with Crippen LogP contribution in [0.5, 0.6) is 5.75 Å². The van der Waals surface area contributed by atoms with E-state index in [0.717, 1.165) is 51.0 Å². The second-order valence-electron chi connectivity index (χ2n) is 5.59. The maximum absolute atomic E-state index is 5.70. The summed E-state index contributed by atoms with van der Waals surface area (Å²) in [5, 5.41) is 3.61. The van der Waals surface area contributed by atoms with Crippen LogP contribution in [-0.4, -0.2) is 32.9 Å². The SMILES string of the molecule is c1ccc2c(c1)OCCC2CNCCC1CCOC1. The van der Waals surface area contributed by atoms with E-state index in [1.54, 1.807) is 0 Å². The van der Waals surface area contributed by atoms with Gasteiger partial charge in [-0.15, -0.1) is 0 Å². The van der Waals surface area contributed by atoms with Gasteiger partial charge in [-0.25, -0.2) is 0 Å². The van der Waals surface area contributed by atoms with E-state index >= 15 is 0 Å². The highest BCUT2D eigenvalue weighted by Gasteiger charge is 2.21. The molecule has 19 heavy (non-hydrogen) atoms. The standard InChI is InChI=1S/C16H23NO2/c1-2-4-16-15(3-1)14(7-10-19-16)11-17-8-5-13-6-9-18-12-13/h1-4,13-14,17H,5-12H2. The largest absolute Gasteiger partial charge is 0.493 e. The topological polar surface area (TPSA) is 30.5 Å². The third-order valence-corrected chi connectivity index (χ3v) is 4.23. The number of hydrogen-bond acceptors (Lipinski definition) is 3. The van der Waals surface area contributed by atoms with Gasteiger partial charge < -0.3 is 14.8 Å². The van der Waals surface area contributed by atoms with Gasteiger partial charge in [0.1, 0.15) is 5.75 Å². The molecule has 1 aromatic rings. The van der Waals surface area contributed by atoms with Crippen molar-refractivity contribution in [2.75, 3.05) is 32.9 Å². The summed E-state index contributed by atoms with van der Waals surface area (Å²) in [5.41, 5.74) is 1.37. The Morgan fingerprint density at radius 2 is 2.11 bits per heavy atom. The Morgan fingerprint density at radius 1 is 1.16 bits per heavy atom. The molecule has 3 nitrogen and oxygen atoms in total. The molecule has 2 atom stereocenters. The highest BCUT2D eigenvalue weighted by molar-refractivity contribution is 5.37. The van der Waals surface area contributed by atoms with Crippen LogP contribution in [-0.2, 0) is 4.74 Å². The van der Waals surface area contributed by atoms with Crippen LogP contribution in [0.4, 0.5) is 0 Å². The van der Waals surface area contributed by atoms with Gasteiger partial charge in [0.05, 0.1) is 6.61 Å². The third kappa shape index (κ3) is 3.28. The quantitative estimate of drug-likeness (QED) is 0.826. The lowest BCUT2D eigenvalue weighted by Crippen LogP contribution is -2.27. The minimum absolute atomic E-state index is 0.602. The Morgan fingerprint density at radius 3 is 3.00 bits per heavy atom. The number of fused-ring (bicyclic) bond motifs is 1. The molecule has 1 fully saturated rings. The molecule has 2 aliphatic heterocycles. The molecule has 0 bridgehead atoms. The molecule has 2 heterocycles. The summed E-state index contributed by atoms with van der Waals surface area (Å²) < 4.78 is 11.1. The lowest BCUT2D eigenvalue weighted by Gasteiger charge is -2.26. The van der Waals surface area contributed by atoms with E-state index in [9.17, 15) is 0 Å². The van der Waals surface area contributed by atoms with E-state index in [-0.39, 0.29) is 0 Å². The van der Waals surface area contributed by atoms with E-state index < -0.39 is 0 Å². The van der Waals surface area contributed by atoms with Crippen molar-refractivity contribution in [3.05, 3.63) is 29.8 Å². The van der Waals surface area contributed by atoms with Crippen molar-refractivity contribution >= 4 is 0 Å². The molecule has 1 aromatic carbocycles. The van der Waals surface area contributed by atoms with Crippen molar-refractivity contribution < 1.29 is 9.47 Å². The van der Waals surface area contributed by atoms with Gasteiger partial charge in [-0.3, -0.25) is 0 Å². The number of benzene rings is 1. The maximum atomic E-state index is 5.70. The Kier molecular flexibility index (Phi) is 4.36. The van der Waals surface area contributed by atoms with Crippen LogP contribution < -0.4 is 10.1 Å². The number of hydrogen-bond donors (Lipinski definition) is 1. The first-order valence-electron chi connectivity index (χ1n) is 7.43. The predicted octanol–water partition coefficient (Wildman–Crippen LogP) is 2.57. The second-order valence-corrected chi connectivity index (χ2v) is 5.59. The van der Waals surface area contributed by atoms with Gasteiger partial charge in [0, 0.05) is 25.7 Å². The molecule has 0 spiro atoms. The zero-order chi connectivity index (χ0) is 12.9. The van der Waals surface area contributed by atoms with Gasteiger partial charge in [-0.1, -0.05) is 18.2 Å². The van der Waals surface area contributed by atoms with Crippen LogP contribution in [0.2, 0.25) is 0 Å². The van der Waals surface area contributed by atoms with E-state index in [0.29, 0.717) is 5.92 Å². The smallest absolute Gasteiger partial charge is 0.122 e. The van der Waals surface area contributed by atoms with Gasteiger partial charge in [0.25, 0.3) is 0 Å². The summed E-state index contributed by atoms with van der Waals surface area (Å²) in [4.78, 5) is 0. The van der Waals surface area contributed by atoms with Crippen molar-refractivity contribution in [1.82, 2.24) is 5.32 Å². The Balaban J connectivity index is 1.45. The van der Waals surface area contributed by atoms with Crippen molar-refractivity contribution in [1.29, 1.82) is 0 Å². The van der Waals surface area contributed by atoms with E-state index in [2.05, 4.69) is 29.6 Å². The average Bonchev–Trinajstić information content (AvgIpc) is 2.97. The first-order chi connectivity index (χ1) is 9.43. The zero-order valence-corrected chi connectivity index (χ0v) is 11.4. The summed E-state index contributed by atoms with van der Waals surface area (Å²) in [6.07, 6.45) is 3.60. The first-order valence-corrected chi connectivity index (χ1v) is 7.43. The van der Waals surface area contributed by atoms with Gasteiger partial charge >= 0.3 is 0 Å². The van der Waals surface area contributed by atoms with Crippen LogP contribution >= 0.6 is 0 Å². The van der Waals surface area contributed by atoms with Crippen LogP contribution in [0, 0.1) is 5.92 Å². The van der Waals surface area contributed by atoms with E-state index in [1.807, 2.05) is 0 Å². The molecule has 104 valence electrons. The fourth-order valence-corrected chi connectivity index (χ4v) is 3.02. The van der Waals surface area contributed by atoms with Gasteiger partial charge in [0.2, 0.25) is 0 Å². The van der Waals surface area contributed by atoms with Gasteiger partial charge in [0.15, 0.2) is 0 Å². The lowest BCUT2D eigenvalue weighted by molar-refractivity contribution is 0.184. The molecule has 3 rings (SSSR count). The second kappa shape index (κ2) is 6.40. The summed E-state index contributed by atoms with van der Waals surface area (Å²) in [6, 6.07) is 8.44. The molecular weight excluding hydrogens is 238 g/mol. The molecule has 3 heteroatoms. The number of para-hydroxylation sites is 1. The van der Waals surface area contributed by atoms with Crippen molar-refractivity contribution in [3.8, 4) is 5.75 Å². The molecule has 0 aromatic heterocycles. The molecule has 0 amide bonds. The maximum Gasteiger partial charge on any atom is 0.122 e. The summed E-state index contributed by atoms with van der Waals surface area (Å²) in [5.74, 6) is 2.45. The van der Waals surface area contributed by atoms with Crippen molar-refractivity contribution in [2.24, 2.45) is 5.92 Å². The predicted molar refractivity (Wildman–Crippen MR) is 75.7 cm³/mol. The Labute approximate surface area is 115 Å². The Hall–Kier alpha value is -1.06. The molecule has 1 saturated heterocycles. The average molecular weight is 261 g/mol. The monoisotopic (exact) mass is 261 g/mol. The summed E-state index contributed by atoms with van der Waals surface area (Å²) in [6.45, 7) is 4.93. The molecular formula is C16H23NO2. The van der Waals surface area contributed by atoms with Crippen LogP contribution in [0.25, 0.3) is 0 Å². The molecule has 0 saturated carbocycles. The Bertz CT molecular complexity index is 401. The van der Waals surface area contributed by atoms with E-state index in [4.69, 9.17) is 9.47 Å². The van der Waals surface area contributed by atoms with Crippen LogP contribution in [0.1, 0.15) is 30.7 Å². The number of nitrogens with one attached hydrogen (secondary N) is 1. The van der Waals surface area contributed by atoms with Crippen LogP contribution in [0.15, 0.2) is 24.3 Å². The molecule has 2 aliphatic rings. The molecule has 2 unspecified atom stereocenters.